The number of anilines is 2. The van der Waals surface area contributed by atoms with Crippen LogP contribution in [0.2, 0.25) is 5.02 Å². The smallest absolute Gasteiger partial charge is 0.271 e. The fraction of sp³-hybridized carbons (Fsp3) is 0.105. The van der Waals surface area contributed by atoms with Gasteiger partial charge in [-0.05, 0) is 12.1 Å². The van der Waals surface area contributed by atoms with Crippen molar-refractivity contribution >= 4 is 51.3 Å². The molecule has 0 saturated carbocycles. The third-order valence-corrected chi connectivity index (χ3v) is 5.39. The van der Waals surface area contributed by atoms with Gasteiger partial charge in [-0.15, -0.1) is 11.3 Å². The third kappa shape index (κ3) is 3.95. The second-order valence-corrected chi connectivity index (χ2v) is 7.51. The molecule has 3 aromatic rings. The van der Waals surface area contributed by atoms with E-state index >= 15 is 0 Å². The van der Waals surface area contributed by atoms with Gasteiger partial charge in [0.1, 0.15) is 12.3 Å². The number of nitrogens with zero attached hydrogens (tertiary/aromatic N) is 3. The highest BCUT2D eigenvalue weighted by Gasteiger charge is 2.29. The molecule has 11 heteroatoms. The molecule has 9 nitrogen and oxygen atoms in total. The van der Waals surface area contributed by atoms with Crippen molar-refractivity contribution in [1.29, 1.82) is 0 Å². The minimum Gasteiger partial charge on any atom is -0.482 e. The van der Waals surface area contributed by atoms with E-state index in [1.807, 2.05) is 18.2 Å². The Morgan fingerprint density at radius 3 is 2.90 bits per heavy atom. The molecule has 30 heavy (non-hydrogen) atoms. The van der Waals surface area contributed by atoms with Gasteiger partial charge < -0.3 is 10.1 Å². The van der Waals surface area contributed by atoms with Crippen LogP contribution < -0.4 is 15.0 Å². The van der Waals surface area contributed by atoms with Gasteiger partial charge in [-0.1, -0.05) is 29.8 Å². The molecule has 152 valence electrons. The normalized spacial score (nSPS) is 12.8. The number of amides is 2. The average molecular weight is 445 g/mol. The van der Waals surface area contributed by atoms with Crippen LogP contribution in [-0.4, -0.2) is 34.9 Å². The summed E-state index contributed by atoms with van der Waals surface area (Å²) >= 11 is 7.39. The summed E-state index contributed by atoms with van der Waals surface area (Å²) in [5.74, 6) is -0.680. The fourth-order valence-corrected chi connectivity index (χ4v) is 3.86. The second-order valence-electron chi connectivity index (χ2n) is 6.24. The van der Waals surface area contributed by atoms with Crippen molar-refractivity contribution in [2.24, 2.45) is 0 Å². The van der Waals surface area contributed by atoms with E-state index in [2.05, 4.69) is 10.3 Å². The van der Waals surface area contributed by atoms with Crippen LogP contribution in [0.3, 0.4) is 0 Å². The summed E-state index contributed by atoms with van der Waals surface area (Å²) in [6, 6.07) is 11.1. The van der Waals surface area contributed by atoms with Crippen molar-refractivity contribution in [1.82, 2.24) is 4.98 Å². The Morgan fingerprint density at radius 1 is 1.33 bits per heavy atom. The maximum Gasteiger partial charge on any atom is 0.271 e. The maximum atomic E-state index is 12.5. The van der Waals surface area contributed by atoms with Gasteiger partial charge in [-0.3, -0.25) is 24.6 Å². The van der Waals surface area contributed by atoms with E-state index in [1.165, 1.54) is 29.5 Å². The quantitative estimate of drug-likeness (QED) is 0.473. The molecule has 1 aliphatic rings. The van der Waals surface area contributed by atoms with Crippen molar-refractivity contribution in [3.05, 3.63) is 63.0 Å². The molecule has 0 atom stereocenters. The number of aromatic nitrogens is 1. The number of benzene rings is 2. The third-order valence-electron chi connectivity index (χ3n) is 4.30. The van der Waals surface area contributed by atoms with Crippen molar-refractivity contribution < 1.29 is 19.2 Å². The lowest BCUT2D eigenvalue weighted by Gasteiger charge is -2.28. The molecule has 0 fully saturated rings. The molecule has 2 aromatic carbocycles. The van der Waals surface area contributed by atoms with Gasteiger partial charge in [-0.25, -0.2) is 4.98 Å². The lowest BCUT2D eigenvalue weighted by atomic mass is 10.2. The minimum atomic E-state index is -0.580. The zero-order valence-electron chi connectivity index (χ0n) is 15.2. The number of carbonyl (C=O) groups is 2. The number of non-ortho nitro benzene ring substituents is 1. The van der Waals surface area contributed by atoms with Gasteiger partial charge in [-0.2, -0.15) is 0 Å². The van der Waals surface area contributed by atoms with Crippen molar-refractivity contribution in [2.75, 3.05) is 23.4 Å². The van der Waals surface area contributed by atoms with E-state index in [0.717, 1.165) is 10.5 Å². The van der Waals surface area contributed by atoms with Crippen LogP contribution in [0.1, 0.15) is 0 Å². The zero-order valence-corrected chi connectivity index (χ0v) is 16.8. The average Bonchev–Trinajstić information content (AvgIpc) is 3.18. The van der Waals surface area contributed by atoms with E-state index in [4.69, 9.17) is 16.3 Å². The number of nitrogens with one attached hydrogen (secondary N) is 1. The van der Waals surface area contributed by atoms with Gasteiger partial charge >= 0.3 is 0 Å². The molecule has 2 heterocycles. The molecule has 1 N–H and O–H groups in total. The number of halogens is 1. The maximum absolute atomic E-state index is 12.5. The van der Waals surface area contributed by atoms with E-state index < -0.39 is 16.7 Å². The minimum absolute atomic E-state index is 0.173. The molecule has 0 saturated heterocycles. The molecule has 0 spiro atoms. The molecule has 4 rings (SSSR count). The number of nitro groups is 1. The van der Waals surface area contributed by atoms with Crippen LogP contribution in [0.5, 0.6) is 5.75 Å². The Morgan fingerprint density at radius 2 is 2.13 bits per heavy atom. The predicted molar refractivity (Wildman–Crippen MR) is 112 cm³/mol. The Labute approximate surface area is 179 Å². The van der Waals surface area contributed by atoms with Gasteiger partial charge in [0.2, 0.25) is 5.91 Å². The molecule has 0 bridgehead atoms. The topological polar surface area (TPSA) is 115 Å². The first kappa shape index (κ1) is 19.8. The lowest BCUT2D eigenvalue weighted by molar-refractivity contribution is -0.384. The molecular formula is C19H13ClN4O5S. The summed E-state index contributed by atoms with van der Waals surface area (Å²) in [6.07, 6.45) is 0. The highest BCUT2D eigenvalue weighted by atomic mass is 35.5. The number of ether oxygens (including phenoxy) is 1. The number of fused-ring (bicyclic) bond motifs is 1. The Bertz CT molecular complexity index is 1170. The monoisotopic (exact) mass is 444 g/mol. The van der Waals surface area contributed by atoms with Crippen LogP contribution in [0.4, 0.5) is 16.5 Å². The number of carbonyl (C=O) groups excluding carboxylic acids is 2. The van der Waals surface area contributed by atoms with Crippen LogP contribution in [-0.2, 0) is 9.59 Å². The molecule has 1 aliphatic heterocycles. The first-order valence-corrected chi connectivity index (χ1v) is 9.90. The van der Waals surface area contributed by atoms with Crippen LogP contribution in [0.25, 0.3) is 11.3 Å². The zero-order chi connectivity index (χ0) is 21.3. The first-order valence-electron chi connectivity index (χ1n) is 8.64. The van der Waals surface area contributed by atoms with E-state index in [9.17, 15) is 19.7 Å². The van der Waals surface area contributed by atoms with Gasteiger partial charge in [0.25, 0.3) is 11.6 Å². The molecular weight excluding hydrogens is 432 g/mol. The molecule has 0 radical (unpaired) electrons. The Kier molecular flexibility index (Phi) is 5.34. The highest BCUT2D eigenvalue weighted by Crippen LogP contribution is 2.35. The van der Waals surface area contributed by atoms with E-state index in [1.54, 1.807) is 11.4 Å². The van der Waals surface area contributed by atoms with Gasteiger partial charge in [0.05, 0.1) is 16.3 Å². The number of nitro benzene ring substituents is 1. The van der Waals surface area contributed by atoms with Crippen molar-refractivity contribution in [3.63, 3.8) is 0 Å². The first-order chi connectivity index (χ1) is 14.4. The van der Waals surface area contributed by atoms with Crippen LogP contribution in [0.15, 0.2) is 47.8 Å². The fourth-order valence-electron chi connectivity index (χ4n) is 2.90. The summed E-state index contributed by atoms with van der Waals surface area (Å²) in [5, 5.41) is 16.3. The largest absolute Gasteiger partial charge is 0.482 e. The highest BCUT2D eigenvalue weighted by molar-refractivity contribution is 7.14. The molecule has 2 amide bonds. The Balaban J connectivity index is 1.51. The second kappa shape index (κ2) is 8.09. The predicted octanol–water partition coefficient (Wildman–Crippen LogP) is 3.74. The number of hydrogen-bond acceptors (Lipinski definition) is 7. The van der Waals surface area contributed by atoms with Crippen LogP contribution >= 0.6 is 22.9 Å². The molecule has 1 aromatic heterocycles. The van der Waals surface area contributed by atoms with Gasteiger partial charge in [0, 0.05) is 28.1 Å². The Hall–Kier alpha value is -3.50. The number of thiazole rings is 1. The summed E-state index contributed by atoms with van der Waals surface area (Å²) in [4.78, 5) is 40.8. The number of hydrogen-bond donors (Lipinski definition) is 1. The number of rotatable bonds is 5. The van der Waals surface area contributed by atoms with E-state index in [-0.39, 0.29) is 24.5 Å². The van der Waals surface area contributed by atoms with Crippen LogP contribution in [0, 0.1) is 10.1 Å². The van der Waals surface area contributed by atoms with E-state index in [0.29, 0.717) is 21.6 Å². The summed E-state index contributed by atoms with van der Waals surface area (Å²) in [5.41, 5.74) is 1.32. The molecule has 0 unspecified atom stereocenters. The standard InChI is InChI=1S/C19H13ClN4O5S/c20-13-4-2-1-3-12(13)14-10-30-19(21-14)22-17(25)8-23-15-7-11(24(27)28)5-6-16(15)29-9-18(23)26/h1-7,10H,8-9H2,(H,21,22,25). The summed E-state index contributed by atoms with van der Waals surface area (Å²) < 4.78 is 5.30. The lowest BCUT2D eigenvalue weighted by Crippen LogP contribution is -2.43. The van der Waals surface area contributed by atoms with Gasteiger partial charge in [0.15, 0.2) is 11.7 Å². The van der Waals surface area contributed by atoms with Crippen molar-refractivity contribution in [2.45, 2.75) is 0 Å². The SMILES string of the molecule is O=C(CN1C(=O)COc2ccc([N+](=O)[O-])cc21)Nc1nc(-c2ccccc2Cl)cs1. The summed E-state index contributed by atoms with van der Waals surface area (Å²) in [6.45, 7) is -0.594. The van der Waals surface area contributed by atoms with Crippen molar-refractivity contribution in [3.8, 4) is 17.0 Å². The summed E-state index contributed by atoms with van der Waals surface area (Å²) in [7, 11) is 0. The molecule has 0 aliphatic carbocycles.